The number of nitrogens with one attached hydrogen (secondary N) is 1. The summed E-state index contributed by atoms with van der Waals surface area (Å²) < 4.78 is 2.20. The molecule has 2 aliphatic heterocycles. The van der Waals surface area contributed by atoms with Crippen LogP contribution in [0.1, 0.15) is 37.2 Å². The summed E-state index contributed by atoms with van der Waals surface area (Å²) in [7, 11) is 0. The number of aromatic nitrogens is 1. The summed E-state index contributed by atoms with van der Waals surface area (Å²) in [6.07, 6.45) is 2.57. The Bertz CT molecular complexity index is 1400. The van der Waals surface area contributed by atoms with Crippen LogP contribution >= 0.6 is 11.8 Å². The van der Waals surface area contributed by atoms with Gasteiger partial charge < -0.3 is 4.57 Å². The quantitative estimate of drug-likeness (QED) is 0.497. The third kappa shape index (κ3) is 3.72. The Morgan fingerprint density at radius 3 is 2.67 bits per heavy atom. The smallest absolute Gasteiger partial charge is 0.283 e. The maximum Gasteiger partial charge on any atom is 0.283 e. The Hall–Kier alpha value is -3.45. The number of rotatable bonds is 4. The van der Waals surface area contributed by atoms with E-state index < -0.39 is 5.91 Å². The largest absolute Gasteiger partial charge is 0.317 e. The predicted molar refractivity (Wildman–Crippen MR) is 137 cm³/mol. The molecule has 2 aliphatic rings. The summed E-state index contributed by atoms with van der Waals surface area (Å²) in [5.74, 6) is 0.124. The number of aliphatic imine (C=N–C) groups is 1. The average molecular weight is 456 g/mol. The molecule has 1 amide bonds. The van der Waals surface area contributed by atoms with Crippen molar-refractivity contribution in [2.45, 2.75) is 34.1 Å². The first kappa shape index (κ1) is 21.4. The van der Waals surface area contributed by atoms with E-state index in [1.54, 1.807) is 6.08 Å². The minimum absolute atomic E-state index is 0.0752. The molecule has 0 bridgehead atoms. The molecule has 1 aromatic heterocycles. The minimum atomic E-state index is -0.394. The van der Waals surface area contributed by atoms with E-state index in [0.29, 0.717) is 11.1 Å². The van der Waals surface area contributed by atoms with Crippen molar-refractivity contribution in [2.75, 3.05) is 0 Å². The number of carbonyl (C=O) groups excluding carboxylic acids is 1. The Morgan fingerprint density at radius 1 is 1.12 bits per heavy atom. The Labute approximate surface area is 197 Å². The monoisotopic (exact) mass is 455 g/mol. The minimum Gasteiger partial charge on any atom is -0.317 e. The molecule has 0 atom stereocenters. The summed E-state index contributed by atoms with van der Waals surface area (Å²) in [5.41, 5.74) is 4.31. The second-order valence-electron chi connectivity index (χ2n) is 8.77. The molecule has 0 aliphatic carbocycles. The number of hydrazone groups is 1. The molecular formula is C26H25N5OS. The topological polar surface area (TPSA) is 73.8 Å². The van der Waals surface area contributed by atoms with Crippen LogP contribution in [0.15, 0.2) is 64.2 Å². The number of nitrogens with zero attached hydrogens (tertiary/aromatic N) is 4. The molecule has 5 rings (SSSR count). The first-order valence-electron chi connectivity index (χ1n) is 11.0. The van der Waals surface area contributed by atoms with Gasteiger partial charge in [-0.05, 0) is 60.7 Å². The van der Waals surface area contributed by atoms with Crippen molar-refractivity contribution in [3.8, 4) is 5.69 Å². The molecule has 0 saturated carbocycles. The number of benzene rings is 2. The van der Waals surface area contributed by atoms with E-state index in [0.717, 1.165) is 39.5 Å². The fourth-order valence-corrected chi connectivity index (χ4v) is 5.42. The van der Waals surface area contributed by atoms with Crippen LogP contribution in [0.25, 0.3) is 22.5 Å². The molecule has 166 valence electrons. The zero-order valence-corrected chi connectivity index (χ0v) is 19.9. The van der Waals surface area contributed by atoms with Crippen molar-refractivity contribution in [3.63, 3.8) is 0 Å². The van der Waals surface area contributed by atoms with Crippen molar-refractivity contribution in [2.24, 2.45) is 16.0 Å². The molecule has 0 radical (unpaired) electrons. The number of aryl methyl sites for hydroxylation is 1. The van der Waals surface area contributed by atoms with Crippen molar-refractivity contribution in [1.82, 2.24) is 9.58 Å². The lowest BCUT2D eigenvalue weighted by Gasteiger charge is -2.20. The fourth-order valence-electron chi connectivity index (χ4n) is 4.33. The number of thioether (sulfide) groups is 1. The van der Waals surface area contributed by atoms with Gasteiger partial charge in [0.25, 0.3) is 5.91 Å². The van der Waals surface area contributed by atoms with Crippen LogP contribution in [-0.4, -0.2) is 31.5 Å². The van der Waals surface area contributed by atoms with Crippen LogP contribution in [0.4, 0.5) is 0 Å². The second-order valence-corrected chi connectivity index (χ2v) is 9.81. The third-order valence-corrected chi connectivity index (χ3v) is 6.79. The van der Waals surface area contributed by atoms with E-state index in [4.69, 9.17) is 5.41 Å². The van der Waals surface area contributed by atoms with Crippen LogP contribution in [0.5, 0.6) is 0 Å². The van der Waals surface area contributed by atoms with E-state index in [9.17, 15) is 4.79 Å². The number of hydrogen-bond acceptors (Lipinski definition) is 4. The van der Waals surface area contributed by atoms with Gasteiger partial charge in [0.2, 0.25) is 5.17 Å². The molecule has 0 unspecified atom stereocenters. The van der Waals surface area contributed by atoms with Gasteiger partial charge in [-0.1, -0.05) is 50.2 Å². The van der Waals surface area contributed by atoms with Crippen LogP contribution in [0.3, 0.4) is 0 Å². The molecule has 0 spiro atoms. The van der Waals surface area contributed by atoms with Gasteiger partial charge in [0.05, 0.1) is 11.3 Å². The maximum absolute atomic E-state index is 12.8. The van der Waals surface area contributed by atoms with E-state index in [1.807, 2.05) is 19.1 Å². The first-order valence-corrected chi connectivity index (χ1v) is 11.8. The van der Waals surface area contributed by atoms with Gasteiger partial charge in [-0.3, -0.25) is 10.2 Å². The molecule has 3 aromatic rings. The van der Waals surface area contributed by atoms with E-state index >= 15 is 0 Å². The SMILES string of the molecule is Cc1cc(/C=C2/C(=N)N3N=C(CC(C)C)SC3=NC2=O)c(C)n1-c1cccc2ccccc12. The highest BCUT2D eigenvalue weighted by Crippen LogP contribution is 2.32. The van der Waals surface area contributed by atoms with E-state index in [2.05, 4.69) is 71.8 Å². The third-order valence-electron chi connectivity index (χ3n) is 5.86. The summed E-state index contributed by atoms with van der Waals surface area (Å²) in [6.45, 7) is 8.34. The van der Waals surface area contributed by atoms with Crippen molar-refractivity contribution in [3.05, 3.63) is 71.1 Å². The van der Waals surface area contributed by atoms with E-state index in [-0.39, 0.29) is 11.4 Å². The normalized spacial score (nSPS) is 17.2. The molecule has 6 nitrogen and oxygen atoms in total. The Morgan fingerprint density at radius 2 is 1.88 bits per heavy atom. The van der Waals surface area contributed by atoms with Gasteiger partial charge in [0, 0.05) is 23.2 Å². The number of amides is 1. The van der Waals surface area contributed by atoms with E-state index in [1.165, 1.54) is 22.2 Å². The van der Waals surface area contributed by atoms with Crippen LogP contribution in [-0.2, 0) is 4.79 Å². The highest BCUT2D eigenvalue weighted by atomic mass is 32.2. The standard InChI is InChI=1S/C26H25N5OS/c1-15(2)12-23-29-31-24(27)21(25(32)28-26(31)33-23)14-19-13-16(3)30(17(19)4)22-11-7-9-18-8-5-6-10-20(18)22/h5-11,13-15,27H,12H2,1-4H3/b21-14-,27-24?. The van der Waals surface area contributed by atoms with Crippen molar-refractivity contribution in [1.29, 1.82) is 5.41 Å². The van der Waals surface area contributed by atoms with Crippen LogP contribution in [0, 0.1) is 25.2 Å². The summed E-state index contributed by atoms with van der Waals surface area (Å²) in [4.78, 5) is 17.1. The molecule has 2 aromatic carbocycles. The molecule has 33 heavy (non-hydrogen) atoms. The lowest BCUT2D eigenvalue weighted by atomic mass is 10.1. The lowest BCUT2D eigenvalue weighted by molar-refractivity contribution is -0.114. The number of amidine groups is 2. The average Bonchev–Trinajstić information content (AvgIpc) is 3.29. The summed E-state index contributed by atoms with van der Waals surface area (Å²) >= 11 is 1.38. The van der Waals surface area contributed by atoms with Gasteiger partial charge in [-0.15, -0.1) is 0 Å². The highest BCUT2D eigenvalue weighted by Gasteiger charge is 2.35. The van der Waals surface area contributed by atoms with Crippen molar-refractivity contribution >= 4 is 50.6 Å². The Kier molecular flexibility index (Phi) is 5.29. The fraction of sp³-hybridized carbons (Fsp3) is 0.231. The second kappa shape index (κ2) is 8.15. The maximum atomic E-state index is 12.8. The summed E-state index contributed by atoms with van der Waals surface area (Å²) in [6, 6.07) is 16.6. The van der Waals surface area contributed by atoms with Gasteiger partial charge in [0.15, 0.2) is 5.84 Å². The molecule has 0 fully saturated rings. The zero-order valence-electron chi connectivity index (χ0n) is 19.1. The zero-order chi connectivity index (χ0) is 23.3. The van der Waals surface area contributed by atoms with Gasteiger partial charge in [0.1, 0.15) is 5.04 Å². The Balaban J connectivity index is 1.55. The first-order chi connectivity index (χ1) is 15.8. The predicted octanol–water partition coefficient (Wildman–Crippen LogP) is 5.91. The summed E-state index contributed by atoms with van der Waals surface area (Å²) in [5, 5.41) is 18.4. The van der Waals surface area contributed by atoms with Crippen LogP contribution in [0.2, 0.25) is 0 Å². The molecule has 3 heterocycles. The number of carbonyl (C=O) groups is 1. The number of hydrogen-bond donors (Lipinski definition) is 1. The van der Waals surface area contributed by atoms with Gasteiger partial charge >= 0.3 is 0 Å². The van der Waals surface area contributed by atoms with Gasteiger partial charge in [-0.2, -0.15) is 15.1 Å². The lowest BCUT2D eigenvalue weighted by Crippen LogP contribution is -2.35. The molecule has 0 saturated heterocycles. The van der Waals surface area contributed by atoms with Crippen LogP contribution < -0.4 is 0 Å². The van der Waals surface area contributed by atoms with Gasteiger partial charge in [-0.25, -0.2) is 0 Å². The molecule has 7 heteroatoms. The molecule has 1 N–H and O–H groups in total. The number of fused-ring (bicyclic) bond motifs is 2. The molecular weight excluding hydrogens is 430 g/mol. The van der Waals surface area contributed by atoms with Crippen molar-refractivity contribution < 1.29 is 4.79 Å². The highest BCUT2D eigenvalue weighted by molar-refractivity contribution is 8.26.